The number of benzene rings is 1. The highest BCUT2D eigenvalue weighted by Crippen LogP contribution is 2.23. The van der Waals surface area contributed by atoms with Crippen LogP contribution in [0.3, 0.4) is 0 Å². The minimum atomic E-state index is -1.80. The summed E-state index contributed by atoms with van der Waals surface area (Å²) in [5.41, 5.74) is 23.6. The van der Waals surface area contributed by atoms with Gasteiger partial charge in [-0.3, -0.25) is 52.9 Å². The molecule has 2 aromatic rings. The second-order valence-corrected chi connectivity index (χ2v) is 20.8. The van der Waals surface area contributed by atoms with Crippen molar-refractivity contribution in [3.8, 4) is 5.75 Å². The van der Waals surface area contributed by atoms with Crippen molar-refractivity contribution < 1.29 is 73.2 Å². The molecule has 0 bridgehead atoms. The number of aromatic hydroxyl groups is 1. The van der Waals surface area contributed by atoms with Gasteiger partial charge in [-0.25, -0.2) is 4.98 Å². The van der Waals surface area contributed by atoms with Crippen LogP contribution in [-0.2, 0) is 65.6 Å². The van der Waals surface area contributed by atoms with Gasteiger partial charge in [-0.1, -0.05) is 32.4 Å². The van der Waals surface area contributed by atoms with Crippen LogP contribution in [0, 0.1) is 35.5 Å². The summed E-state index contributed by atoms with van der Waals surface area (Å²) in [5, 5.41) is 50.4. The summed E-state index contributed by atoms with van der Waals surface area (Å²) in [5.74, 6) is -15.5. The number of nitrogens with one attached hydrogen (secondary N) is 5. The lowest BCUT2D eigenvalue weighted by Gasteiger charge is -2.27. The Hall–Kier alpha value is -7.45. The number of unbranched alkanes of at least 4 members (excludes halogenated alkanes) is 1. The zero-order chi connectivity index (χ0) is 60.2. The number of carbonyl (C=O) groups is 11. The summed E-state index contributed by atoms with van der Waals surface area (Å²) in [6, 6.07) is 0.156. The zero-order valence-corrected chi connectivity index (χ0v) is 46.3. The highest BCUT2D eigenvalue weighted by Gasteiger charge is 2.37. The molecule has 26 nitrogen and oxygen atoms in total. The quantitative estimate of drug-likeness (QED) is 0.0223. The van der Waals surface area contributed by atoms with Gasteiger partial charge >= 0.3 is 5.97 Å². The number of nitrogens with zero attached hydrogens (tertiary/aromatic N) is 2. The van der Waals surface area contributed by atoms with Crippen molar-refractivity contribution in [1.82, 2.24) is 31.2 Å². The number of nitrogens with two attached hydrogens (primary N) is 4. The Kier molecular flexibility index (Phi) is 30.2. The molecule has 5 amide bonds. The van der Waals surface area contributed by atoms with Gasteiger partial charge in [-0.05, 0) is 89.5 Å². The number of ketones is 5. The summed E-state index contributed by atoms with van der Waals surface area (Å²) < 4.78 is 0. The van der Waals surface area contributed by atoms with E-state index in [4.69, 9.17) is 22.9 Å². The topological polar surface area (TPSA) is 462 Å². The van der Waals surface area contributed by atoms with Crippen LogP contribution in [0.25, 0.3) is 0 Å². The number of carboxylic acids is 1. The Labute approximate surface area is 465 Å². The fourth-order valence-corrected chi connectivity index (χ4v) is 8.83. The molecule has 0 aliphatic rings. The van der Waals surface area contributed by atoms with Crippen LogP contribution in [0.5, 0.6) is 5.75 Å². The van der Waals surface area contributed by atoms with Gasteiger partial charge in [0.15, 0.2) is 29.1 Å². The number of hydrogen-bond acceptors (Lipinski definition) is 17. The van der Waals surface area contributed by atoms with E-state index in [0.29, 0.717) is 17.7 Å². The molecule has 17 N–H and O–H groups in total. The van der Waals surface area contributed by atoms with Gasteiger partial charge in [0.2, 0.25) is 29.5 Å². The molecule has 444 valence electrons. The molecular weight excluding hydrogens is 1040 g/mol. The smallest absolute Gasteiger partial charge is 0.305 e. The zero-order valence-electron chi connectivity index (χ0n) is 46.3. The lowest BCUT2D eigenvalue weighted by atomic mass is 9.88. The number of amides is 5. The lowest BCUT2D eigenvalue weighted by molar-refractivity contribution is -0.142. The van der Waals surface area contributed by atoms with Crippen molar-refractivity contribution in [2.75, 3.05) is 19.7 Å². The average molecular weight is 1130 g/mol. The minimum Gasteiger partial charge on any atom is -0.508 e. The minimum absolute atomic E-state index is 0.0137. The van der Waals surface area contributed by atoms with E-state index < -0.39 is 151 Å². The molecule has 80 heavy (non-hydrogen) atoms. The van der Waals surface area contributed by atoms with E-state index in [1.165, 1.54) is 57.6 Å². The molecule has 0 aliphatic carbocycles. The number of primary amides is 1. The Morgan fingerprint density at radius 3 is 1.71 bits per heavy atom. The lowest BCUT2D eigenvalue weighted by Crippen LogP contribution is -2.50. The van der Waals surface area contributed by atoms with E-state index in [1.54, 1.807) is 0 Å². The summed E-state index contributed by atoms with van der Waals surface area (Å²) in [7, 11) is 0. The first-order valence-electron chi connectivity index (χ1n) is 26.8. The highest BCUT2D eigenvalue weighted by molar-refractivity contribution is 5.99. The summed E-state index contributed by atoms with van der Waals surface area (Å²) in [6.45, 7) is 6.90. The van der Waals surface area contributed by atoms with Gasteiger partial charge in [0.25, 0.3) is 0 Å². The van der Waals surface area contributed by atoms with Crippen molar-refractivity contribution in [3.63, 3.8) is 0 Å². The number of hydrogen-bond donors (Lipinski definition) is 13. The normalized spacial score (nSPS) is 15.0. The maximum atomic E-state index is 14.7. The Morgan fingerprint density at radius 2 is 1.20 bits per heavy atom. The first-order valence-corrected chi connectivity index (χ1v) is 26.8. The number of carbonyl (C=O) groups excluding carboxylic acids is 10. The van der Waals surface area contributed by atoms with E-state index in [0.717, 1.165) is 0 Å². The maximum absolute atomic E-state index is 14.7. The number of phenolic OH excluding ortho intramolecular Hbond substituents is 1. The summed E-state index contributed by atoms with van der Waals surface area (Å²) >= 11 is 0. The van der Waals surface area contributed by atoms with Crippen molar-refractivity contribution >= 4 is 70.4 Å². The first kappa shape index (κ1) is 68.7. The number of carboxylic acid groups (broad SMARTS) is 1. The molecule has 0 saturated heterocycles. The van der Waals surface area contributed by atoms with Crippen LogP contribution < -0.4 is 44.2 Å². The van der Waals surface area contributed by atoms with Crippen molar-refractivity contribution in [2.45, 2.75) is 155 Å². The number of phenols is 1. The molecule has 0 saturated carbocycles. The average Bonchev–Trinajstić information content (AvgIpc) is 3.90. The number of guanidine groups is 1. The van der Waals surface area contributed by atoms with Gasteiger partial charge in [0.05, 0.1) is 67.4 Å². The van der Waals surface area contributed by atoms with Crippen molar-refractivity contribution in [3.05, 3.63) is 48.0 Å². The van der Waals surface area contributed by atoms with Crippen LogP contribution >= 0.6 is 0 Å². The van der Waals surface area contributed by atoms with Gasteiger partial charge in [-0.15, -0.1) is 0 Å². The molecule has 0 unspecified atom stereocenters. The van der Waals surface area contributed by atoms with Crippen LogP contribution in [0.2, 0.25) is 0 Å². The number of aromatic amines is 1. The molecule has 1 heterocycles. The van der Waals surface area contributed by atoms with Crippen LogP contribution in [-0.4, -0.2) is 151 Å². The fourth-order valence-electron chi connectivity index (χ4n) is 8.83. The highest BCUT2D eigenvalue weighted by atomic mass is 16.4. The molecule has 0 spiro atoms. The molecule has 0 radical (unpaired) electrons. The number of Topliss-reactive ketones (excluding diaryl/α,β-unsaturated/α-hetero) is 5. The number of aliphatic hydroxyl groups excluding tert-OH is 2. The molecule has 1 aromatic heterocycles. The second-order valence-electron chi connectivity index (χ2n) is 20.8. The molecule has 10 atom stereocenters. The number of imidazole rings is 1. The van der Waals surface area contributed by atoms with E-state index in [9.17, 15) is 73.2 Å². The van der Waals surface area contributed by atoms with Crippen LogP contribution in [0.4, 0.5) is 0 Å². The summed E-state index contributed by atoms with van der Waals surface area (Å²) in [6.07, 6.45) is -1.22. The third-order valence-corrected chi connectivity index (χ3v) is 13.4. The molecule has 0 aliphatic heterocycles. The SMILES string of the molecule is CC(=O)C[C@@H](CO)C(=O)N[C@@H](C)C(=O)C[C@H](C(=O)N[C@@H](CC(=O)O)C(=O)C[C@@H](CCCCN)C(=O)N[C@@H](Cc1ccc(O)cc1)C(=O)C[C@@H](CCCN=C(N)N)C(=O)N[C@@H](CC(C)C)C(=O)C[C@@H](Cc1cnc[nH]1)C(N)=O)[C@@H](C)O. The fraction of sp³-hybridized carbons (Fsp3) is 0.611. The Morgan fingerprint density at radius 1 is 0.650 bits per heavy atom. The van der Waals surface area contributed by atoms with Crippen molar-refractivity contribution in [2.24, 2.45) is 63.4 Å². The monoisotopic (exact) mass is 1130 g/mol. The molecule has 0 fully saturated rings. The second kappa shape index (κ2) is 35.2. The molecule has 26 heteroatoms. The van der Waals surface area contributed by atoms with E-state index in [-0.39, 0.29) is 94.3 Å². The summed E-state index contributed by atoms with van der Waals surface area (Å²) in [4.78, 5) is 158. The van der Waals surface area contributed by atoms with E-state index in [1.807, 2.05) is 13.8 Å². The van der Waals surface area contributed by atoms with Gasteiger partial charge in [0.1, 0.15) is 11.5 Å². The molecular formula is C54H83N11O15. The Bertz CT molecular complexity index is 2430. The molecule has 1 aromatic carbocycles. The van der Waals surface area contributed by atoms with Crippen LogP contribution in [0.15, 0.2) is 41.8 Å². The van der Waals surface area contributed by atoms with E-state index in [2.05, 4.69) is 36.2 Å². The largest absolute Gasteiger partial charge is 0.508 e. The molecule has 2 rings (SSSR count). The van der Waals surface area contributed by atoms with Gasteiger partial charge in [-0.2, -0.15) is 0 Å². The number of H-pyrrole nitrogens is 1. The standard InChI is InChI=1S/C54H83N11O15/c1-29(2)17-41(47(73)23-36(49(56)76)20-38-26-59-28-61-38)63-51(78)35(10-8-16-60-54(57)58)22-45(71)42(19-33-11-13-39(69)14-12-33)64-50(77)34(9-6-7-15-55)21-46(72)43(25-48(74)75)65-53(80)40(32(5)68)24-44(70)31(4)62-52(79)37(27-66)18-30(3)67/h11-14,26,28-29,31-32,34-37,40-43,66,68-69H,6-10,15-25,27,55H2,1-5H3,(H2,56,76)(H,59,61)(H,62,79)(H,63,78)(H,64,77)(H,65,80)(H,74,75)(H4,57,58,60)/t31-,32+,34+,35+,36+,37-,40-,41-,42-,43-/m0/s1. The number of aliphatic imine (C=N–C) groups is 1. The van der Waals surface area contributed by atoms with Gasteiger partial charge in [0, 0.05) is 68.8 Å². The Balaban J connectivity index is 2.51. The van der Waals surface area contributed by atoms with E-state index >= 15 is 0 Å². The van der Waals surface area contributed by atoms with Crippen molar-refractivity contribution in [1.29, 1.82) is 0 Å². The number of aliphatic carboxylic acids is 1. The third-order valence-electron chi connectivity index (χ3n) is 13.4. The third kappa shape index (κ3) is 25.6. The first-order chi connectivity index (χ1) is 37.6. The number of aromatic nitrogens is 2. The maximum Gasteiger partial charge on any atom is 0.305 e. The number of rotatable bonds is 41. The van der Waals surface area contributed by atoms with Crippen LogP contribution in [0.1, 0.15) is 123 Å². The number of aliphatic hydroxyl groups is 2. The predicted octanol–water partition coefficient (Wildman–Crippen LogP) is -0.682. The predicted molar refractivity (Wildman–Crippen MR) is 291 cm³/mol. The van der Waals surface area contributed by atoms with Gasteiger partial charge < -0.3 is 74.4 Å².